The second-order valence-corrected chi connectivity index (χ2v) is 6.85. The first-order valence-electron chi connectivity index (χ1n) is 8.51. The van der Waals surface area contributed by atoms with Crippen LogP contribution in [-0.2, 0) is 22.7 Å². The highest BCUT2D eigenvalue weighted by atomic mass is 35.5. The molecule has 2 aromatic rings. The molecule has 0 aromatic heterocycles. The Balaban J connectivity index is 1.67. The van der Waals surface area contributed by atoms with Crippen molar-refractivity contribution in [2.75, 3.05) is 13.7 Å². The number of ether oxygens (including phenoxy) is 2. The van der Waals surface area contributed by atoms with Gasteiger partial charge in [0.25, 0.3) is 0 Å². The Labute approximate surface area is 162 Å². The lowest BCUT2D eigenvalue weighted by atomic mass is 10.1. The van der Waals surface area contributed by atoms with E-state index >= 15 is 0 Å². The van der Waals surface area contributed by atoms with Crippen molar-refractivity contribution in [2.45, 2.75) is 19.6 Å². The number of rotatable bonds is 7. The number of methoxy groups -OCH3 is 1. The predicted octanol–water partition coefficient (Wildman–Crippen LogP) is 3.36. The van der Waals surface area contributed by atoms with Crippen molar-refractivity contribution in [1.29, 1.82) is 0 Å². The molecule has 3 rings (SSSR count). The van der Waals surface area contributed by atoms with Gasteiger partial charge in [-0.15, -0.1) is 0 Å². The van der Waals surface area contributed by atoms with E-state index < -0.39 is 11.9 Å². The summed E-state index contributed by atoms with van der Waals surface area (Å²) in [6.07, 6.45) is 0.0489. The van der Waals surface area contributed by atoms with Crippen LogP contribution in [0.15, 0.2) is 42.5 Å². The van der Waals surface area contributed by atoms with Crippen molar-refractivity contribution in [3.8, 4) is 11.5 Å². The molecule has 0 bridgehead atoms. The highest BCUT2D eigenvalue weighted by Crippen LogP contribution is 2.30. The highest BCUT2D eigenvalue weighted by molar-refractivity contribution is 6.30. The van der Waals surface area contributed by atoms with E-state index in [9.17, 15) is 9.59 Å². The molecule has 1 N–H and O–H groups in total. The van der Waals surface area contributed by atoms with Gasteiger partial charge in [-0.1, -0.05) is 29.8 Å². The molecule has 1 atom stereocenters. The molecule has 0 aliphatic carbocycles. The molecule has 7 heteroatoms. The predicted molar refractivity (Wildman–Crippen MR) is 99.9 cm³/mol. The number of likely N-dealkylation sites (tertiary alicyclic amines) is 1. The van der Waals surface area contributed by atoms with Crippen molar-refractivity contribution in [3.05, 3.63) is 58.6 Å². The molecule has 0 radical (unpaired) electrons. The van der Waals surface area contributed by atoms with Crippen molar-refractivity contribution < 1.29 is 24.2 Å². The molecule has 0 spiro atoms. The van der Waals surface area contributed by atoms with Crippen LogP contribution < -0.4 is 9.47 Å². The number of carbonyl (C=O) groups excluding carboxylic acids is 1. The first kappa shape index (κ1) is 19.0. The van der Waals surface area contributed by atoms with Crippen molar-refractivity contribution >= 4 is 23.5 Å². The van der Waals surface area contributed by atoms with Crippen LogP contribution in [0.2, 0.25) is 5.02 Å². The standard InChI is InChI=1S/C20H20ClNO5/c1-26-18-8-13(10-22-11-15(20(24)25)9-19(22)23)5-6-17(18)27-12-14-3-2-4-16(21)7-14/h2-8,15H,9-12H2,1H3,(H,24,25). The van der Waals surface area contributed by atoms with Crippen LogP contribution in [-0.4, -0.2) is 35.5 Å². The summed E-state index contributed by atoms with van der Waals surface area (Å²) in [6.45, 7) is 0.915. The number of halogens is 1. The molecular formula is C20H20ClNO5. The Morgan fingerprint density at radius 2 is 2.04 bits per heavy atom. The Kier molecular flexibility index (Phi) is 5.86. The van der Waals surface area contributed by atoms with Gasteiger partial charge >= 0.3 is 5.97 Å². The molecule has 1 unspecified atom stereocenters. The summed E-state index contributed by atoms with van der Waals surface area (Å²) in [7, 11) is 1.55. The van der Waals surface area contributed by atoms with Crippen molar-refractivity contribution in [3.63, 3.8) is 0 Å². The molecular weight excluding hydrogens is 370 g/mol. The van der Waals surface area contributed by atoms with Crippen LogP contribution >= 0.6 is 11.6 Å². The number of nitrogens with zero attached hydrogens (tertiary/aromatic N) is 1. The van der Waals surface area contributed by atoms with Crippen LogP contribution in [0.1, 0.15) is 17.5 Å². The van der Waals surface area contributed by atoms with E-state index in [-0.39, 0.29) is 18.9 Å². The first-order chi connectivity index (χ1) is 13.0. The fourth-order valence-corrected chi connectivity index (χ4v) is 3.24. The number of aliphatic carboxylic acids is 1. The van der Waals surface area contributed by atoms with Gasteiger partial charge in [-0.3, -0.25) is 9.59 Å². The fraction of sp³-hybridized carbons (Fsp3) is 0.300. The molecule has 1 saturated heterocycles. The van der Waals surface area contributed by atoms with E-state index in [2.05, 4.69) is 0 Å². The Morgan fingerprint density at radius 1 is 1.22 bits per heavy atom. The van der Waals surface area contributed by atoms with Gasteiger partial charge in [-0.05, 0) is 35.4 Å². The normalized spacial score (nSPS) is 16.4. The number of hydrogen-bond donors (Lipinski definition) is 1. The van der Waals surface area contributed by atoms with Crippen LogP contribution in [0.3, 0.4) is 0 Å². The summed E-state index contributed by atoms with van der Waals surface area (Å²) in [5.74, 6) is -0.594. The second-order valence-electron chi connectivity index (χ2n) is 6.42. The summed E-state index contributed by atoms with van der Waals surface area (Å²) >= 11 is 5.98. The maximum absolute atomic E-state index is 12.0. The minimum absolute atomic E-state index is 0.0489. The van der Waals surface area contributed by atoms with Crippen molar-refractivity contribution in [2.24, 2.45) is 5.92 Å². The van der Waals surface area contributed by atoms with Gasteiger partial charge in [0.2, 0.25) is 5.91 Å². The van der Waals surface area contributed by atoms with Crippen LogP contribution in [0.4, 0.5) is 0 Å². The maximum Gasteiger partial charge on any atom is 0.308 e. The van der Waals surface area contributed by atoms with E-state index in [1.807, 2.05) is 24.3 Å². The summed E-state index contributed by atoms with van der Waals surface area (Å²) in [4.78, 5) is 24.6. The number of carbonyl (C=O) groups is 2. The van der Waals surface area contributed by atoms with Crippen LogP contribution in [0.5, 0.6) is 11.5 Å². The van der Waals surface area contributed by atoms with E-state index in [1.165, 1.54) is 0 Å². The molecule has 27 heavy (non-hydrogen) atoms. The lowest BCUT2D eigenvalue weighted by Crippen LogP contribution is -2.25. The molecule has 1 amide bonds. The quantitative estimate of drug-likeness (QED) is 0.785. The third kappa shape index (κ3) is 4.71. The van der Waals surface area contributed by atoms with Crippen LogP contribution in [0.25, 0.3) is 0 Å². The van der Waals surface area contributed by atoms with Gasteiger partial charge in [0, 0.05) is 24.5 Å². The first-order valence-corrected chi connectivity index (χ1v) is 8.89. The van der Waals surface area contributed by atoms with E-state index in [4.69, 9.17) is 26.2 Å². The van der Waals surface area contributed by atoms with Gasteiger partial charge in [-0.25, -0.2) is 0 Å². The van der Waals surface area contributed by atoms with E-state index in [1.54, 1.807) is 30.2 Å². The summed E-state index contributed by atoms with van der Waals surface area (Å²) in [5, 5.41) is 9.73. The van der Waals surface area contributed by atoms with E-state index in [0.717, 1.165) is 11.1 Å². The fourth-order valence-electron chi connectivity index (χ4n) is 3.03. The third-order valence-corrected chi connectivity index (χ3v) is 4.68. The van der Waals surface area contributed by atoms with Gasteiger partial charge in [-0.2, -0.15) is 0 Å². The average molecular weight is 390 g/mol. The lowest BCUT2D eigenvalue weighted by Gasteiger charge is -2.18. The topological polar surface area (TPSA) is 76.1 Å². The smallest absolute Gasteiger partial charge is 0.308 e. The number of carboxylic acids is 1. The number of benzene rings is 2. The largest absolute Gasteiger partial charge is 0.493 e. The molecule has 1 heterocycles. The Morgan fingerprint density at radius 3 is 2.70 bits per heavy atom. The Bertz CT molecular complexity index is 854. The SMILES string of the molecule is COc1cc(CN2CC(C(=O)O)CC2=O)ccc1OCc1cccc(Cl)c1. The van der Waals surface area contributed by atoms with Gasteiger partial charge in [0.1, 0.15) is 6.61 Å². The summed E-state index contributed by atoms with van der Waals surface area (Å²) in [5.41, 5.74) is 1.79. The zero-order valence-electron chi connectivity index (χ0n) is 14.9. The minimum atomic E-state index is -0.937. The lowest BCUT2D eigenvalue weighted by molar-refractivity contribution is -0.141. The number of carboxylic acid groups (broad SMARTS) is 1. The van der Waals surface area contributed by atoms with Gasteiger partial charge < -0.3 is 19.5 Å². The zero-order valence-corrected chi connectivity index (χ0v) is 15.6. The summed E-state index contributed by atoms with van der Waals surface area (Å²) < 4.78 is 11.2. The highest BCUT2D eigenvalue weighted by Gasteiger charge is 2.34. The average Bonchev–Trinajstić information content (AvgIpc) is 3.01. The number of amides is 1. The maximum atomic E-state index is 12.0. The molecule has 1 aliphatic rings. The molecule has 142 valence electrons. The third-order valence-electron chi connectivity index (χ3n) is 4.45. The molecule has 0 saturated carbocycles. The molecule has 2 aromatic carbocycles. The minimum Gasteiger partial charge on any atom is -0.493 e. The zero-order chi connectivity index (χ0) is 19.4. The van der Waals surface area contributed by atoms with E-state index in [0.29, 0.717) is 29.7 Å². The van der Waals surface area contributed by atoms with Crippen LogP contribution in [0, 0.1) is 5.92 Å². The van der Waals surface area contributed by atoms with Gasteiger partial charge in [0.15, 0.2) is 11.5 Å². The van der Waals surface area contributed by atoms with Crippen molar-refractivity contribution in [1.82, 2.24) is 4.90 Å². The second kappa shape index (κ2) is 8.31. The molecule has 1 fully saturated rings. The van der Waals surface area contributed by atoms with Gasteiger partial charge in [0.05, 0.1) is 13.0 Å². The number of hydrogen-bond acceptors (Lipinski definition) is 4. The molecule has 6 nitrogen and oxygen atoms in total. The monoisotopic (exact) mass is 389 g/mol. The molecule has 1 aliphatic heterocycles. The summed E-state index contributed by atoms with van der Waals surface area (Å²) in [6, 6.07) is 12.8. The Hall–Kier alpha value is -2.73.